The first-order valence-electron chi connectivity index (χ1n) is 4.32. The molecular weight excluding hydrogens is 150 g/mol. The van der Waals surface area contributed by atoms with Gasteiger partial charge in [0.15, 0.2) is 0 Å². The summed E-state index contributed by atoms with van der Waals surface area (Å²) in [7, 11) is 0. The van der Waals surface area contributed by atoms with Crippen LogP contribution in [-0.2, 0) is 4.79 Å². The normalized spacial score (nSPS) is 13.6. The lowest BCUT2D eigenvalue weighted by Crippen LogP contribution is -2.53. The van der Waals surface area contributed by atoms with E-state index >= 15 is 0 Å². The minimum Gasteiger partial charge on any atom is -0.289 e. The van der Waals surface area contributed by atoms with Crippen molar-refractivity contribution in [3.63, 3.8) is 0 Å². The third kappa shape index (κ3) is 3.35. The van der Waals surface area contributed by atoms with Crippen molar-refractivity contribution in [1.82, 2.24) is 4.90 Å². The summed E-state index contributed by atoms with van der Waals surface area (Å²) in [6, 6.07) is 0. The molecule has 0 aliphatic carbocycles. The molecule has 0 amide bonds. The number of nitrogens with zero attached hydrogens (tertiary/aromatic N) is 1. The van der Waals surface area contributed by atoms with E-state index < -0.39 is 0 Å². The summed E-state index contributed by atoms with van der Waals surface area (Å²) in [6.45, 7) is 13.0. The topological polar surface area (TPSA) is 20.3 Å². The Morgan fingerprint density at radius 3 is 1.42 bits per heavy atom. The molecular formula is C10H20NO. The van der Waals surface area contributed by atoms with Gasteiger partial charge in [-0.1, -0.05) is 0 Å². The van der Waals surface area contributed by atoms with Gasteiger partial charge in [0.25, 0.3) is 0 Å². The van der Waals surface area contributed by atoms with Gasteiger partial charge in [-0.05, 0) is 41.5 Å². The molecule has 0 aromatic rings. The molecule has 0 fully saturated rings. The van der Waals surface area contributed by atoms with Crippen molar-refractivity contribution < 1.29 is 4.79 Å². The van der Waals surface area contributed by atoms with Gasteiger partial charge in [-0.2, -0.15) is 0 Å². The van der Waals surface area contributed by atoms with E-state index in [4.69, 9.17) is 0 Å². The monoisotopic (exact) mass is 170 g/mol. The van der Waals surface area contributed by atoms with Crippen molar-refractivity contribution in [2.75, 3.05) is 6.54 Å². The van der Waals surface area contributed by atoms with Gasteiger partial charge in [-0.3, -0.25) is 9.69 Å². The Labute approximate surface area is 75.9 Å². The van der Waals surface area contributed by atoms with Gasteiger partial charge >= 0.3 is 0 Å². The highest BCUT2D eigenvalue weighted by atomic mass is 16.1. The molecule has 0 aliphatic heterocycles. The number of rotatable bonds is 2. The molecule has 0 atom stereocenters. The van der Waals surface area contributed by atoms with Crippen LogP contribution in [0.3, 0.4) is 0 Å². The summed E-state index contributed by atoms with van der Waals surface area (Å²) in [5, 5.41) is 0. The van der Waals surface area contributed by atoms with Crippen LogP contribution in [0.25, 0.3) is 0 Å². The first-order chi connectivity index (χ1) is 5.19. The van der Waals surface area contributed by atoms with Crippen molar-refractivity contribution in [1.29, 1.82) is 0 Å². The molecule has 12 heavy (non-hydrogen) atoms. The van der Waals surface area contributed by atoms with E-state index in [2.05, 4.69) is 46.4 Å². The van der Waals surface area contributed by atoms with Gasteiger partial charge in [0.2, 0.25) is 6.29 Å². The van der Waals surface area contributed by atoms with Crippen molar-refractivity contribution in [2.45, 2.75) is 52.6 Å². The molecule has 2 nitrogen and oxygen atoms in total. The van der Waals surface area contributed by atoms with Gasteiger partial charge in [0, 0.05) is 11.1 Å². The molecule has 0 spiro atoms. The average molecular weight is 170 g/mol. The summed E-state index contributed by atoms with van der Waals surface area (Å²) in [5.74, 6) is 0. The van der Waals surface area contributed by atoms with Gasteiger partial charge in [-0.15, -0.1) is 0 Å². The van der Waals surface area contributed by atoms with Crippen molar-refractivity contribution >= 4 is 6.29 Å². The largest absolute Gasteiger partial charge is 0.289 e. The fourth-order valence-corrected chi connectivity index (χ4v) is 1.55. The predicted octanol–water partition coefficient (Wildman–Crippen LogP) is 2.00. The molecule has 0 heterocycles. The zero-order valence-electron chi connectivity index (χ0n) is 9.06. The van der Waals surface area contributed by atoms with Gasteiger partial charge in [-0.25, -0.2) is 0 Å². The third-order valence-electron chi connectivity index (χ3n) is 1.84. The standard InChI is InChI=1S/C10H20NO/c1-9(2,3)11(7-8-12)10(4,5)6/h7H2,1-6H3. The first-order valence-corrected chi connectivity index (χ1v) is 4.32. The minimum absolute atomic E-state index is 0.0235. The zero-order valence-corrected chi connectivity index (χ0v) is 9.06. The molecule has 0 saturated carbocycles. The van der Waals surface area contributed by atoms with Gasteiger partial charge in [0.05, 0.1) is 6.54 Å². The summed E-state index contributed by atoms with van der Waals surface area (Å²) in [4.78, 5) is 12.5. The van der Waals surface area contributed by atoms with E-state index in [1.165, 1.54) is 0 Å². The highest BCUT2D eigenvalue weighted by Gasteiger charge is 2.30. The zero-order chi connectivity index (χ0) is 9.99. The van der Waals surface area contributed by atoms with Crippen molar-refractivity contribution in [3.05, 3.63) is 0 Å². The molecule has 0 aromatic carbocycles. The lowest BCUT2D eigenvalue weighted by molar-refractivity contribution is 0.0559. The first kappa shape index (κ1) is 11.6. The quantitative estimate of drug-likeness (QED) is 0.631. The van der Waals surface area contributed by atoms with E-state index in [0.29, 0.717) is 6.54 Å². The highest BCUT2D eigenvalue weighted by molar-refractivity contribution is 5.53. The molecule has 0 saturated heterocycles. The molecule has 1 radical (unpaired) electrons. The highest BCUT2D eigenvalue weighted by Crippen LogP contribution is 2.23. The fourth-order valence-electron chi connectivity index (χ4n) is 1.55. The van der Waals surface area contributed by atoms with E-state index in [1.807, 2.05) is 6.29 Å². The van der Waals surface area contributed by atoms with Crippen LogP contribution >= 0.6 is 0 Å². The van der Waals surface area contributed by atoms with Crippen LogP contribution in [0, 0.1) is 0 Å². The van der Waals surface area contributed by atoms with E-state index in [0.717, 1.165) is 0 Å². The molecule has 0 aromatic heterocycles. The molecule has 2 heteroatoms. The second kappa shape index (κ2) is 3.56. The molecule has 0 rings (SSSR count). The van der Waals surface area contributed by atoms with Crippen LogP contribution in [0.5, 0.6) is 0 Å². The van der Waals surface area contributed by atoms with Crippen LogP contribution in [0.1, 0.15) is 41.5 Å². The summed E-state index contributed by atoms with van der Waals surface area (Å²) >= 11 is 0. The molecule has 0 aliphatic rings. The van der Waals surface area contributed by atoms with Crippen LogP contribution < -0.4 is 0 Å². The Morgan fingerprint density at radius 1 is 1.00 bits per heavy atom. The fraction of sp³-hybridized carbons (Fsp3) is 0.900. The second-order valence-electron chi connectivity index (χ2n) is 5.07. The summed E-state index contributed by atoms with van der Waals surface area (Å²) < 4.78 is 0. The van der Waals surface area contributed by atoms with Crippen LogP contribution in [0.4, 0.5) is 0 Å². The van der Waals surface area contributed by atoms with Crippen molar-refractivity contribution in [3.8, 4) is 0 Å². The average Bonchev–Trinajstić information content (AvgIpc) is 1.77. The Balaban J connectivity index is 4.56. The molecule has 0 bridgehead atoms. The number of hydrogen-bond donors (Lipinski definition) is 0. The summed E-state index contributed by atoms with van der Waals surface area (Å²) in [5.41, 5.74) is 0.0469. The Kier molecular flexibility index (Phi) is 3.45. The molecule has 71 valence electrons. The summed E-state index contributed by atoms with van der Waals surface area (Å²) in [6.07, 6.45) is 1.96. The van der Waals surface area contributed by atoms with Gasteiger partial charge < -0.3 is 0 Å². The third-order valence-corrected chi connectivity index (χ3v) is 1.84. The lowest BCUT2D eigenvalue weighted by atomic mass is 9.96. The van der Waals surface area contributed by atoms with Crippen molar-refractivity contribution in [2.24, 2.45) is 0 Å². The van der Waals surface area contributed by atoms with Gasteiger partial charge in [0.1, 0.15) is 0 Å². The Morgan fingerprint density at radius 2 is 1.33 bits per heavy atom. The molecule has 0 unspecified atom stereocenters. The minimum atomic E-state index is 0.0235. The Hall–Kier alpha value is -0.370. The van der Waals surface area contributed by atoms with Crippen LogP contribution in [0.2, 0.25) is 0 Å². The maximum Gasteiger partial charge on any atom is 0.213 e. The smallest absolute Gasteiger partial charge is 0.213 e. The second-order valence-corrected chi connectivity index (χ2v) is 5.07. The SMILES string of the molecule is CC(C)(C)N(C[C]=O)C(C)(C)C. The number of hydrogen-bond acceptors (Lipinski definition) is 2. The maximum atomic E-state index is 10.3. The van der Waals surface area contributed by atoms with E-state index in [1.54, 1.807) is 0 Å². The predicted molar refractivity (Wildman–Crippen MR) is 51.9 cm³/mol. The molecule has 0 N–H and O–H groups in total. The number of carbonyl (C=O) groups excluding carboxylic acids is 1. The van der Waals surface area contributed by atoms with E-state index in [9.17, 15) is 4.79 Å². The maximum absolute atomic E-state index is 10.3. The van der Waals surface area contributed by atoms with E-state index in [-0.39, 0.29) is 11.1 Å². The lowest BCUT2D eigenvalue weighted by Gasteiger charge is -2.44. The Bertz CT molecular complexity index is 136. The van der Waals surface area contributed by atoms with Crippen LogP contribution in [0.15, 0.2) is 0 Å². The van der Waals surface area contributed by atoms with Crippen LogP contribution in [-0.4, -0.2) is 28.8 Å².